The molecule has 0 aromatic heterocycles. The SMILES string of the molecule is Cc1cc([N+](=O)[O-])ccc1C(=O)NC1(CC(=O)O)CCOCC1. The lowest BCUT2D eigenvalue weighted by atomic mass is 9.86. The number of carboxylic acid groups (broad SMARTS) is 1. The number of carboxylic acids is 1. The average molecular weight is 322 g/mol. The molecule has 0 bridgehead atoms. The summed E-state index contributed by atoms with van der Waals surface area (Å²) in [5.41, 5.74) is -0.179. The molecule has 2 rings (SSSR count). The Bertz CT molecular complexity index is 637. The number of nitro groups is 1. The lowest BCUT2D eigenvalue weighted by Gasteiger charge is -2.37. The van der Waals surface area contributed by atoms with Crippen LogP contribution in [-0.2, 0) is 9.53 Å². The summed E-state index contributed by atoms with van der Waals surface area (Å²) >= 11 is 0. The first-order valence-corrected chi connectivity index (χ1v) is 7.20. The molecule has 1 aromatic carbocycles. The number of aliphatic carboxylic acids is 1. The monoisotopic (exact) mass is 322 g/mol. The number of benzene rings is 1. The van der Waals surface area contributed by atoms with Crippen LogP contribution in [0.3, 0.4) is 0 Å². The van der Waals surface area contributed by atoms with E-state index in [-0.39, 0.29) is 12.1 Å². The molecule has 1 aliphatic heterocycles. The van der Waals surface area contributed by atoms with Gasteiger partial charge in [0.15, 0.2) is 0 Å². The highest BCUT2D eigenvalue weighted by Gasteiger charge is 2.36. The van der Waals surface area contributed by atoms with Gasteiger partial charge in [-0.1, -0.05) is 0 Å². The molecule has 0 saturated carbocycles. The van der Waals surface area contributed by atoms with Gasteiger partial charge in [0.25, 0.3) is 11.6 Å². The van der Waals surface area contributed by atoms with Crippen molar-refractivity contribution in [2.75, 3.05) is 13.2 Å². The van der Waals surface area contributed by atoms with Crippen LogP contribution in [0.2, 0.25) is 0 Å². The Kier molecular flexibility index (Phi) is 4.95. The molecule has 124 valence electrons. The molecule has 8 nitrogen and oxygen atoms in total. The van der Waals surface area contributed by atoms with Crippen LogP contribution in [0.25, 0.3) is 0 Å². The summed E-state index contributed by atoms with van der Waals surface area (Å²) < 4.78 is 5.24. The summed E-state index contributed by atoms with van der Waals surface area (Å²) in [6.45, 7) is 2.37. The van der Waals surface area contributed by atoms with E-state index < -0.39 is 22.3 Å². The van der Waals surface area contributed by atoms with Gasteiger partial charge in [0.2, 0.25) is 0 Å². The number of amides is 1. The Labute approximate surface area is 132 Å². The second-order valence-electron chi connectivity index (χ2n) is 5.67. The quantitative estimate of drug-likeness (QED) is 0.628. The molecule has 1 heterocycles. The topological polar surface area (TPSA) is 119 Å². The molecule has 23 heavy (non-hydrogen) atoms. The highest BCUT2D eigenvalue weighted by Crippen LogP contribution is 2.26. The summed E-state index contributed by atoms with van der Waals surface area (Å²) in [5, 5.41) is 22.6. The number of rotatable bonds is 5. The van der Waals surface area contributed by atoms with E-state index in [2.05, 4.69) is 5.32 Å². The van der Waals surface area contributed by atoms with Crippen molar-refractivity contribution in [2.45, 2.75) is 31.7 Å². The molecule has 2 N–H and O–H groups in total. The zero-order chi connectivity index (χ0) is 17.0. The summed E-state index contributed by atoms with van der Waals surface area (Å²) in [5.74, 6) is -1.42. The molecule has 1 aromatic rings. The molecule has 1 aliphatic rings. The first kappa shape index (κ1) is 16.9. The van der Waals surface area contributed by atoms with Crippen molar-refractivity contribution >= 4 is 17.6 Å². The zero-order valence-electron chi connectivity index (χ0n) is 12.7. The van der Waals surface area contributed by atoms with Crippen LogP contribution in [0.4, 0.5) is 5.69 Å². The van der Waals surface area contributed by atoms with Gasteiger partial charge >= 0.3 is 5.97 Å². The van der Waals surface area contributed by atoms with Crippen LogP contribution >= 0.6 is 0 Å². The molecule has 0 aliphatic carbocycles. The predicted octanol–water partition coefficient (Wildman–Crippen LogP) is 1.66. The fourth-order valence-electron chi connectivity index (χ4n) is 2.72. The van der Waals surface area contributed by atoms with Crippen LogP contribution in [0, 0.1) is 17.0 Å². The number of nitro benzene ring substituents is 1. The van der Waals surface area contributed by atoms with E-state index in [1.54, 1.807) is 6.92 Å². The van der Waals surface area contributed by atoms with Crippen LogP contribution in [0.15, 0.2) is 18.2 Å². The van der Waals surface area contributed by atoms with Crippen LogP contribution in [0.1, 0.15) is 35.2 Å². The van der Waals surface area contributed by atoms with E-state index in [0.717, 1.165) is 0 Å². The van der Waals surface area contributed by atoms with Gasteiger partial charge in [-0.25, -0.2) is 0 Å². The zero-order valence-corrected chi connectivity index (χ0v) is 12.7. The van der Waals surface area contributed by atoms with Crippen molar-refractivity contribution in [3.05, 3.63) is 39.4 Å². The van der Waals surface area contributed by atoms with E-state index in [9.17, 15) is 19.7 Å². The van der Waals surface area contributed by atoms with E-state index in [1.165, 1.54) is 18.2 Å². The lowest BCUT2D eigenvalue weighted by molar-refractivity contribution is -0.384. The van der Waals surface area contributed by atoms with Crippen molar-refractivity contribution in [1.29, 1.82) is 0 Å². The number of non-ortho nitro benzene ring substituents is 1. The molecule has 0 radical (unpaired) electrons. The van der Waals surface area contributed by atoms with Crippen molar-refractivity contribution in [1.82, 2.24) is 5.32 Å². The van der Waals surface area contributed by atoms with Crippen LogP contribution in [0.5, 0.6) is 0 Å². The molecule has 0 atom stereocenters. The Hall–Kier alpha value is -2.48. The van der Waals surface area contributed by atoms with Crippen LogP contribution in [-0.4, -0.2) is 40.7 Å². The predicted molar refractivity (Wildman–Crippen MR) is 80.3 cm³/mol. The van der Waals surface area contributed by atoms with Gasteiger partial charge in [-0.05, 0) is 31.4 Å². The fourth-order valence-corrected chi connectivity index (χ4v) is 2.72. The first-order chi connectivity index (χ1) is 10.8. The standard InChI is InChI=1S/C15H18N2O6/c1-10-8-11(17(21)22)2-3-12(10)14(20)16-15(9-13(18)19)4-6-23-7-5-15/h2-3,8H,4-7,9H2,1H3,(H,16,20)(H,18,19). The summed E-state index contributed by atoms with van der Waals surface area (Å²) in [4.78, 5) is 33.8. The van der Waals surface area contributed by atoms with Gasteiger partial charge in [-0.2, -0.15) is 0 Å². The number of ether oxygens (including phenoxy) is 1. The third kappa shape index (κ3) is 4.04. The normalized spacial score (nSPS) is 16.6. The number of hydrogen-bond donors (Lipinski definition) is 2. The number of carbonyl (C=O) groups is 2. The van der Waals surface area contributed by atoms with E-state index in [0.29, 0.717) is 37.2 Å². The average Bonchev–Trinajstić information content (AvgIpc) is 2.46. The van der Waals surface area contributed by atoms with Crippen molar-refractivity contribution in [2.24, 2.45) is 0 Å². The Morgan fingerprint density at radius 2 is 2.04 bits per heavy atom. The second kappa shape index (κ2) is 6.74. The Balaban J connectivity index is 2.21. The summed E-state index contributed by atoms with van der Waals surface area (Å²) in [7, 11) is 0. The molecule has 0 spiro atoms. The number of nitrogens with zero attached hydrogens (tertiary/aromatic N) is 1. The number of aryl methyl sites for hydroxylation is 1. The van der Waals surface area contributed by atoms with Gasteiger partial charge in [0.1, 0.15) is 0 Å². The summed E-state index contributed by atoms with van der Waals surface area (Å²) in [6.07, 6.45) is 0.641. The van der Waals surface area contributed by atoms with Crippen molar-refractivity contribution in [3.8, 4) is 0 Å². The van der Waals surface area contributed by atoms with Gasteiger partial charge in [-0.15, -0.1) is 0 Å². The second-order valence-corrected chi connectivity index (χ2v) is 5.67. The highest BCUT2D eigenvalue weighted by molar-refractivity contribution is 5.96. The minimum atomic E-state index is -0.993. The third-order valence-electron chi connectivity index (χ3n) is 3.98. The van der Waals surface area contributed by atoms with Gasteiger partial charge in [0, 0.05) is 30.9 Å². The summed E-state index contributed by atoms with van der Waals surface area (Å²) in [6, 6.07) is 3.97. The first-order valence-electron chi connectivity index (χ1n) is 7.20. The van der Waals surface area contributed by atoms with E-state index >= 15 is 0 Å². The van der Waals surface area contributed by atoms with E-state index in [1.807, 2.05) is 0 Å². The van der Waals surface area contributed by atoms with Gasteiger partial charge < -0.3 is 15.2 Å². The molecule has 1 fully saturated rings. The number of nitrogens with one attached hydrogen (secondary N) is 1. The minimum absolute atomic E-state index is 0.0923. The number of carbonyl (C=O) groups excluding carboxylic acids is 1. The Morgan fingerprint density at radius 3 is 2.57 bits per heavy atom. The Morgan fingerprint density at radius 1 is 1.39 bits per heavy atom. The minimum Gasteiger partial charge on any atom is -0.481 e. The third-order valence-corrected chi connectivity index (χ3v) is 3.98. The smallest absolute Gasteiger partial charge is 0.305 e. The van der Waals surface area contributed by atoms with Crippen molar-refractivity contribution in [3.63, 3.8) is 0 Å². The molecule has 0 unspecified atom stereocenters. The fraction of sp³-hybridized carbons (Fsp3) is 0.467. The largest absolute Gasteiger partial charge is 0.481 e. The van der Waals surface area contributed by atoms with Crippen molar-refractivity contribution < 1.29 is 24.4 Å². The molecule has 1 saturated heterocycles. The number of hydrogen-bond acceptors (Lipinski definition) is 5. The van der Waals surface area contributed by atoms with Crippen LogP contribution < -0.4 is 5.32 Å². The highest BCUT2D eigenvalue weighted by atomic mass is 16.6. The maximum Gasteiger partial charge on any atom is 0.305 e. The molecular formula is C15H18N2O6. The van der Waals surface area contributed by atoms with E-state index in [4.69, 9.17) is 9.84 Å². The maximum absolute atomic E-state index is 12.5. The lowest BCUT2D eigenvalue weighted by Crippen LogP contribution is -2.53. The molecular weight excluding hydrogens is 304 g/mol. The maximum atomic E-state index is 12.5. The molecule has 8 heteroatoms. The van der Waals surface area contributed by atoms with Gasteiger partial charge in [0.05, 0.1) is 16.9 Å². The van der Waals surface area contributed by atoms with Gasteiger partial charge in [-0.3, -0.25) is 19.7 Å². The molecule has 1 amide bonds.